The summed E-state index contributed by atoms with van der Waals surface area (Å²) in [6, 6.07) is 4.18. The van der Waals surface area contributed by atoms with Gasteiger partial charge in [-0.15, -0.1) is 12.6 Å². The number of hydrogen-bond donors (Lipinski definition) is 2. The fraction of sp³-hybridized carbons (Fsp3) is 0.522. The molecule has 1 aliphatic heterocycles. The van der Waals surface area contributed by atoms with Crippen LogP contribution in [0, 0.1) is 11.8 Å². The largest absolute Gasteiger partial charge is 0.309 e. The normalized spacial score (nSPS) is 23.0. The highest BCUT2D eigenvalue weighted by Crippen LogP contribution is 2.38. The number of nitrogens with one attached hydrogen (secondary N) is 1. The fourth-order valence-electron chi connectivity index (χ4n) is 4.53. The van der Waals surface area contributed by atoms with Crippen molar-refractivity contribution in [2.75, 3.05) is 18.9 Å². The minimum atomic E-state index is 0.559. The second kappa shape index (κ2) is 8.84. The zero-order valence-corrected chi connectivity index (χ0v) is 18.5. The molecule has 3 heterocycles. The summed E-state index contributed by atoms with van der Waals surface area (Å²) >= 11 is 4.66. The van der Waals surface area contributed by atoms with Gasteiger partial charge in [0.15, 0.2) is 0 Å². The van der Waals surface area contributed by atoms with Gasteiger partial charge in [0.05, 0.1) is 5.69 Å². The first-order chi connectivity index (χ1) is 14.0. The maximum absolute atomic E-state index is 4.84. The van der Waals surface area contributed by atoms with E-state index in [2.05, 4.69) is 60.9 Å². The Balaban J connectivity index is 1.55. The summed E-state index contributed by atoms with van der Waals surface area (Å²) in [7, 11) is 2.15. The van der Waals surface area contributed by atoms with E-state index in [1.807, 2.05) is 6.07 Å². The number of likely N-dealkylation sites (N-methyl/N-ethyl adjacent to an activating group) is 1. The van der Waals surface area contributed by atoms with Gasteiger partial charge >= 0.3 is 0 Å². The van der Waals surface area contributed by atoms with Crippen LogP contribution >= 0.6 is 12.6 Å². The van der Waals surface area contributed by atoms with Crippen LogP contribution in [0.3, 0.4) is 0 Å². The van der Waals surface area contributed by atoms with E-state index in [1.165, 1.54) is 42.5 Å². The van der Waals surface area contributed by atoms with Crippen molar-refractivity contribution in [2.45, 2.75) is 57.4 Å². The van der Waals surface area contributed by atoms with Crippen LogP contribution in [0.4, 0.5) is 11.8 Å². The maximum atomic E-state index is 4.84. The van der Waals surface area contributed by atoms with E-state index in [-0.39, 0.29) is 0 Å². The Kier molecular flexibility index (Phi) is 6.20. The molecule has 0 spiro atoms. The molecule has 2 aromatic heterocycles. The first-order valence-corrected chi connectivity index (χ1v) is 11.1. The molecule has 0 saturated heterocycles. The van der Waals surface area contributed by atoms with Gasteiger partial charge in [-0.05, 0) is 55.9 Å². The predicted octanol–water partition coefficient (Wildman–Crippen LogP) is 5.12. The Morgan fingerprint density at radius 1 is 1.21 bits per heavy atom. The SMILES string of the molecule is C/C=C(/c1nc(Nc2ccc3c(n2)CCN(C)C3)ncc1S)C1CCC(C)CC1. The quantitative estimate of drug-likeness (QED) is 0.686. The Labute approximate surface area is 179 Å². The molecule has 0 radical (unpaired) electrons. The average Bonchev–Trinajstić information content (AvgIpc) is 2.72. The molecule has 29 heavy (non-hydrogen) atoms. The highest BCUT2D eigenvalue weighted by atomic mass is 32.1. The maximum Gasteiger partial charge on any atom is 0.228 e. The summed E-state index contributed by atoms with van der Waals surface area (Å²) in [6.45, 7) is 6.47. The number of allylic oxidation sites excluding steroid dienone is 2. The van der Waals surface area contributed by atoms with Gasteiger partial charge in [-0.25, -0.2) is 15.0 Å². The van der Waals surface area contributed by atoms with Crippen LogP contribution in [0.2, 0.25) is 0 Å². The second-order valence-electron chi connectivity index (χ2n) is 8.54. The van der Waals surface area contributed by atoms with Crippen LogP contribution < -0.4 is 5.32 Å². The number of hydrogen-bond acceptors (Lipinski definition) is 6. The molecular weight excluding hydrogens is 378 g/mol. The number of aromatic nitrogens is 3. The molecule has 1 fully saturated rings. The molecule has 154 valence electrons. The monoisotopic (exact) mass is 409 g/mol. The lowest BCUT2D eigenvalue weighted by atomic mass is 9.78. The third kappa shape index (κ3) is 4.64. The number of anilines is 2. The Morgan fingerprint density at radius 2 is 2.00 bits per heavy atom. The summed E-state index contributed by atoms with van der Waals surface area (Å²) < 4.78 is 0. The number of thiol groups is 1. The van der Waals surface area contributed by atoms with Gasteiger partial charge in [0.1, 0.15) is 5.82 Å². The molecular formula is C23H31N5S. The van der Waals surface area contributed by atoms with Crippen molar-refractivity contribution in [3.8, 4) is 0 Å². The van der Waals surface area contributed by atoms with E-state index in [0.717, 1.165) is 41.8 Å². The number of nitrogens with zero attached hydrogens (tertiary/aromatic N) is 4. The van der Waals surface area contributed by atoms with Crippen LogP contribution in [0.5, 0.6) is 0 Å². The summed E-state index contributed by atoms with van der Waals surface area (Å²) in [4.78, 5) is 17.3. The van der Waals surface area contributed by atoms with Gasteiger partial charge in [-0.1, -0.05) is 31.9 Å². The van der Waals surface area contributed by atoms with Gasteiger partial charge in [0.25, 0.3) is 0 Å². The standard InChI is InChI=1S/C23H31N5S/c1-4-18(16-7-5-15(2)6-8-16)22-20(29)13-24-23(27-22)26-21-10-9-17-14-28(3)12-11-19(17)25-21/h4,9-10,13,15-16,29H,5-8,11-12,14H2,1-3H3,(H,24,25,26,27)/b18-4+. The molecule has 0 amide bonds. The van der Waals surface area contributed by atoms with Crippen molar-refractivity contribution in [1.29, 1.82) is 0 Å². The van der Waals surface area contributed by atoms with Crippen molar-refractivity contribution in [3.63, 3.8) is 0 Å². The third-order valence-corrected chi connectivity index (χ3v) is 6.62. The minimum Gasteiger partial charge on any atom is -0.309 e. The number of pyridine rings is 1. The van der Waals surface area contributed by atoms with Crippen LogP contribution in [-0.2, 0) is 13.0 Å². The third-order valence-electron chi connectivity index (χ3n) is 6.29. The van der Waals surface area contributed by atoms with Crippen molar-refractivity contribution in [3.05, 3.63) is 41.4 Å². The molecule has 0 aromatic carbocycles. The summed E-state index contributed by atoms with van der Waals surface area (Å²) in [5, 5.41) is 3.31. The zero-order valence-electron chi connectivity index (χ0n) is 17.6. The summed E-state index contributed by atoms with van der Waals surface area (Å²) in [6.07, 6.45) is 10.0. The average molecular weight is 410 g/mol. The van der Waals surface area contributed by atoms with E-state index >= 15 is 0 Å². The summed E-state index contributed by atoms with van der Waals surface area (Å²) in [5.74, 6) is 2.78. The minimum absolute atomic E-state index is 0.559. The van der Waals surface area contributed by atoms with Crippen molar-refractivity contribution >= 4 is 30.0 Å². The lowest BCUT2D eigenvalue weighted by Gasteiger charge is -2.28. The smallest absolute Gasteiger partial charge is 0.228 e. The van der Waals surface area contributed by atoms with Crippen LogP contribution in [0.25, 0.3) is 5.57 Å². The molecule has 1 aliphatic carbocycles. The molecule has 6 heteroatoms. The van der Waals surface area contributed by atoms with E-state index < -0.39 is 0 Å². The highest BCUT2D eigenvalue weighted by Gasteiger charge is 2.24. The summed E-state index contributed by atoms with van der Waals surface area (Å²) in [5.41, 5.74) is 4.73. The van der Waals surface area contributed by atoms with Gasteiger partial charge in [0, 0.05) is 36.3 Å². The Bertz CT molecular complexity index is 902. The molecule has 2 aromatic rings. The number of fused-ring (bicyclic) bond motifs is 1. The van der Waals surface area contributed by atoms with Crippen LogP contribution in [-0.4, -0.2) is 33.4 Å². The Hall–Kier alpha value is -1.92. The molecule has 0 bridgehead atoms. The molecule has 5 nitrogen and oxygen atoms in total. The molecule has 1 saturated carbocycles. The molecule has 2 aliphatic rings. The van der Waals surface area contributed by atoms with Crippen molar-refractivity contribution in [2.24, 2.45) is 11.8 Å². The van der Waals surface area contributed by atoms with E-state index in [4.69, 9.17) is 9.97 Å². The van der Waals surface area contributed by atoms with E-state index in [9.17, 15) is 0 Å². The molecule has 0 unspecified atom stereocenters. The number of rotatable bonds is 4. The Morgan fingerprint density at radius 3 is 2.76 bits per heavy atom. The van der Waals surface area contributed by atoms with Crippen LogP contribution in [0.1, 0.15) is 56.5 Å². The van der Waals surface area contributed by atoms with Gasteiger partial charge < -0.3 is 10.2 Å². The van der Waals surface area contributed by atoms with Crippen molar-refractivity contribution in [1.82, 2.24) is 19.9 Å². The first kappa shape index (κ1) is 20.4. The highest BCUT2D eigenvalue weighted by molar-refractivity contribution is 7.80. The van der Waals surface area contributed by atoms with Gasteiger partial charge in [-0.3, -0.25) is 0 Å². The lowest BCUT2D eigenvalue weighted by molar-refractivity contribution is 0.310. The molecule has 1 N–H and O–H groups in total. The zero-order chi connectivity index (χ0) is 20.4. The van der Waals surface area contributed by atoms with Gasteiger partial charge in [-0.2, -0.15) is 0 Å². The second-order valence-corrected chi connectivity index (χ2v) is 9.03. The van der Waals surface area contributed by atoms with Crippen molar-refractivity contribution < 1.29 is 0 Å². The molecule has 0 atom stereocenters. The van der Waals surface area contributed by atoms with Gasteiger partial charge in [0.2, 0.25) is 5.95 Å². The topological polar surface area (TPSA) is 53.9 Å². The predicted molar refractivity (Wildman–Crippen MR) is 122 cm³/mol. The lowest BCUT2D eigenvalue weighted by Crippen LogP contribution is -2.27. The fourth-order valence-corrected chi connectivity index (χ4v) is 4.76. The molecule has 4 rings (SSSR count). The first-order valence-electron chi connectivity index (χ1n) is 10.7. The van der Waals surface area contributed by atoms with Crippen LogP contribution in [0.15, 0.2) is 29.3 Å². The van der Waals surface area contributed by atoms with E-state index in [0.29, 0.717) is 11.9 Å². The van der Waals surface area contributed by atoms with E-state index in [1.54, 1.807) is 6.20 Å².